The van der Waals surface area contributed by atoms with Crippen LogP contribution in [0.4, 0.5) is 0 Å². The molecule has 4 nitrogen and oxygen atoms in total. The maximum Gasteiger partial charge on any atom is 0.254 e. The van der Waals surface area contributed by atoms with Gasteiger partial charge >= 0.3 is 0 Å². The molecule has 0 spiro atoms. The molecule has 1 atom stereocenters. The lowest BCUT2D eigenvalue weighted by molar-refractivity contribution is -0.144. The van der Waals surface area contributed by atoms with Gasteiger partial charge in [-0.25, -0.2) is 0 Å². The van der Waals surface area contributed by atoms with Gasteiger partial charge in [-0.3, -0.25) is 19.3 Å². The molecule has 0 saturated carbocycles. The van der Waals surface area contributed by atoms with Crippen LogP contribution in [0.15, 0.2) is 12.2 Å². The summed E-state index contributed by atoms with van der Waals surface area (Å²) in [6, 6.07) is -0.602. The number of nitrogens with zero attached hydrogens (tertiary/aromatic N) is 1. The van der Waals surface area contributed by atoms with Crippen molar-refractivity contribution in [2.45, 2.75) is 26.3 Å². The topological polar surface area (TPSA) is 54.5 Å². The number of carbonyl (C=O) groups is 3. The summed E-state index contributed by atoms with van der Waals surface area (Å²) in [5, 5.41) is 0. The highest BCUT2D eigenvalue weighted by molar-refractivity contribution is 6.15. The summed E-state index contributed by atoms with van der Waals surface area (Å²) in [5.41, 5.74) is 0. The van der Waals surface area contributed by atoms with Crippen LogP contribution in [-0.2, 0) is 14.4 Å². The molecular weight excluding hydrogens is 170 g/mol. The number of rotatable bonds is 3. The zero-order valence-electron chi connectivity index (χ0n) is 7.61. The molecule has 0 fully saturated rings. The van der Waals surface area contributed by atoms with Crippen molar-refractivity contribution in [3.05, 3.63) is 12.2 Å². The lowest BCUT2D eigenvalue weighted by Crippen LogP contribution is -2.43. The standard InChI is InChI=1S/C9H11NO3/c1-3-7(6(2)11)10-8(12)4-5-9(10)13/h4-5,7H,3H2,1-2H3. The second-order valence-electron chi connectivity index (χ2n) is 2.91. The number of imide groups is 1. The maximum atomic E-state index is 11.2. The van der Waals surface area contributed by atoms with E-state index < -0.39 is 17.9 Å². The smallest absolute Gasteiger partial charge is 0.254 e. The van der Waals surface area contributed by atoms with Gasteiger partial charge in [-0.1, -0.05) is 6.92 Å². The monoisotopic (exact) mass is 181 g/mol. The van der Waals surface area contributed by atoms with Gasteiger partial charge in [0.05, 0.1) is 6.04 Å². The van der Waals surface area contributed by atoms with E-state index >= 15 is 0 Å². The van der Waals surface area contributed by atoms with Crippen LogP contribution in [-0.4, -0.2) is 28.5 Å². The molecule has 0 aliphatic carbocycles. The predicted molar refractivity (Wildman–Crippen MR) is 45.8 cm³/mol. The van der Waals surface area contributed by atoms with E-state index in [4.69, 9.17) is 0 Å². The van der Waals surface area contributed by atoms with Gasteiger partial charge in [-0.05, 0) is 13.3 Å². The Hall–Kier alpha value is -1.45. The molecular formula is C9H11NO3. The molecule has 0 bridgehead atoms. The number of hydrogen-bond acceptors (Lipinski definition) is 3. The van der Waals surface area contributed by atoms with E-state index in [1.54, 1.807) is 6.92 Å². The Morgan fingerprint density at radius 1 is 1.38 bits per heavy atom. The van der Waals surface area contributed by atoms with Crippen molar-refractivity contribution < 1.29 is 14.4 Å². The quantitative estimate of drug-likeness (QED) is 0.587. The highest BCUT2D eigenvalue weighted by Gasteiger charge is 2.32. The molecule has 0 aromatic heterocycles. The Morgan fingerprint density at radius 2 is 1.85 bits per heavy atom. The van der Waals surface area contributed by atoms with Crippen LogP contribution >= 0.6 is 0 Å². The van der Waals surface area contributed by atoms with Gasteiger partial charge < -0.3 is 0 Å². The van der Waals surface area contributed by atoms with Gasteiger partial charge in [-0.15, -0.1) is 0 Å². The number of ketones is 1. The van der Waals surface area contributed by atoms with Gasteiger partial charge in [0.1, 0.15) is 0 Å². The van der Waals surface area contributed by atoms with Crippen molar-refractivity contribution in [2.24, 2.45) is 0 Å². The van der Waals surface area contributed by atoms with Crippen LogP contribution < -0.4 is 0 Å². The molecule has 0 radical (unpaired) electrons. The summed E-state index contributed by atoms with van der Waals surface area (Å²) in [6.07, 6.45) is 2.84. The van der Waals surface area contributed by atoms with Gasteiger partial charge in [-0.2, -0.15) is 0 Å². The Bertz CT molecular complexity index is 275. The Kier molecular flexibility index (Phi) is 2.60. The molecule has 70 valence electrons. The van der Waals surface area contributed by atoms with Crippen LogP contribution in [0.3, 0.4) is 0 Å². The van der Waals surface area contributed by atoms with Crippen LogP contribution in [0.2, 0.25) is 0 Å². The first-order valence-corrected chi connectivity index (χ1v) is 4.13. The second kappa shape index (κ2) is 3.51. The summed E-state index contributed by atoms with van der Waals surface area (Å²) < 4.78 is 0. The van der Waals surface area contributed by atoms with E-state index in [0.29, 0.717) is 6.42 Å². The van der Waals surface area contributed by atoms with Gasteiger partial charge in [0, 0.05) is 12.2 Å². The first-order valence-electron chi connectivity index (χ1n) is 4.13. The van der Waals surface area contributed by atoms with Crippen LogP contribution in [0.5, 0.6) is 0 Å². The molecule has 4 heteroatoms. The molecule has 1 unspecified atom stereocenters. The van der Waals surface area contributed by atoms with Crippen molar-refractivity contribution in [3.63, 3.8) is 0 Å². The van der Waals surface area contributed by atoms with Gasteiger partial charge in [0.2, 0.25) is 0 Å². The summed E-state index contributed by atoms with van der Waals surface area (Å²) in [4.78, 5) is 34.4. The Labute approximate surface area is 76.2 Å². The number of hydrogen-bond donors (Lipinski definition) is 0. The maximum absolute atomic E-state index is 11.2. The predicted octanol–water partition coefficient (Wildman–Crippen LogP) is 0.279. The summed E-state index contributed by atoms with van der Waals surface area (Å²) >= 11 is 0. The first kappa shape index (κ1) is 9.64. The molecule has 1 heterocycles. The molecule has 1 aliphatic heterocycles. The number of carbonyl (C=O) groups excluding carboxylic acids is 3. The summed E-state index contributed by atoms with van der Waals surface area (Å²) in [7, 11) is 0. The van der Waals surface area contributed by atoms with Crippen molar-refractivity contribution in [1.82, 2.24) is 4.90 Å². The fourth-order valence-electron chi connectivity index (χ4n) is 1.37. The Morgan fingerprint density at radius 3 is 2.15 bits per heavy atom. The van der Waals surface area contributed by atoms with Gasteiger partial charge in [0.15, 0.2) is 5.78 Å². The average Bonchev–Trinajstić information content (AvgIpc) is 2.36. The largest absolute Gasteiger partial charge is 0.298 e. The molecule has 13 heavy (non-hydrogen) atoms. The molecule has 1 rings (SSSR count). The minimum atomic E-state index is -0.602. The normalized spacial score (nSPS) is 18.2. The summed E-state index contributed by atoms with van der Waals surface area (Å²) in [6.45, 7) is 3.15. The summed E-state index contributed by atoms with van der Waals surface area (Å²) in [5.74, 6) is -0.952. The van der Waals surface area contributed by atoms with Crippen LogP contribution in [0.25, 0.3) is 0 Å². The van der Waals surface area contributed by atoms with E-state index in [2.05, 4.69) is 0 Å². The third-order valence-corrected chi connectivity index (χ3v) is 2.01. The van der Waals surface area contributed by atoms with Crippen LogP contribution in [0.1, 0.15) is 20.3 Å². The molecule has 1 aliphatic rings. The zero-order valence-corrected chi connectivity index (χ0v) is 7.61. The second-order valence-corrected chi connectivity index (χ2v) is 2.91. The highest BCUT2D eigenvalue weighted by atomic mass is 16.2. The van der Waals surface area contributed by atoms with E-state index in [0.717, 1.165) is 4.90 Å². The van der Waals surface area contributed by atoms with Crippen LogP contribution in [0, 0.1) is 0 Å². The van der Waals surface area contributed by atoms with Crippen molar-refractivity contribution in [1.29, 1.82) is 0 Å². The van der Waals surface area contributed by atoms with Crippen molar-refractivity contribution in [3.8, 4) is 0 Å². The number of Topliss-reactive ketones (excluding diaryl/α,β-unsaturated/α-hetero) is 1. The van der Waals surface area contributed by atoms with Gasteiger partial charge in [0.25, 0.3) is 11.8 Å². The minimum absolute atomic E-state index is 0.159. The Balaban J connectivity index is 2.87. The first-order chi connectivity index (χ1) is 6.07. The van der Waals surface area contributed by atoms with E-state index in [1.165, 1.54) is 19.1 Å². The molecule has 0 aromatic carbocycles. The van der Waals surface area contributed by atoms with Crippen molar-refractivity contribution >= 4 is 17.6 Å². The fraction of sp³-hybridized carbons (Fsp3) is 0.444. The zero-order chi connectivity index (χ0) is 10.0. The van der Waals surface area contributed by atoms with E-state index in [-0.39, 0.29) is 5.78 Å². The van der Waals surface area contributed by atoms with Crippen molar-refractivity contribution in [2.75, 3.05) is 0 Å². The molecule has 0 saturated heterocycles. The lowest BCUT2D eigenvalue weighted by atomic mass is 10.1. The van der Waals surface area contributed by atoms with E-state index in [9.17, 15) is 14.4 Å². The molecule has 0 aromatic rings. The third kappa shape index (κ3) is 1.66. The number of amides is 2. The minimum Gasteiger partial charge on any atom is -0.298 e. The van der Waals surface area contributed by atoms with E-state index in [1.807, 2.05) is 0 Å². The lowest BCUT2D eigenvalue weighted by Gasteiger charge is -2.22. The molecule has 2 amide bonds. The molecule has 0 N–H and O–H groups in total. The third-order valence-electron chi connectivity index (χ3n) is 2.01. The average molecular weight is 181 g/mol. The SMILES string of the molecule is CCC(C(C)=O)N1C(=O)C=CC1=O. The fourth-order valence-corrected chi connectivity index (χ4v) is 1.37. The highest BCUT2D eigenvalue weighted by Crippen LogP contribution is 2.12.